The second-order valence-electron chi connectivity index (χ2n) is 4.69. The molecule has 140 valence electrons. The summed E-state index contributed by atoms with van der Waals surface area (Å²) >= 11 is 4.25. The molecule has 0 heterocycles. The SMILES string of the molecule is O=C(OCCC(I)=CC(F)(C(F)(F)F)C(F)(F)F)c1cccc(Br)c1. The molecule has 1 aromatic carbocycles. The summed E-state index contributed by atoms with van der Waals surface area (Å²) < 4.78 is 92.9. The van der Waals surface area contributed by atoms with Crippen molar-refractivity contribution >= 4 is 44.5 Å². The van der Waals surface area contributed by atoms with E-state index in [1.54, 1.807) is 6.07 Å². The van der Waals surface area contributed by atoms with E-state index in [9.17, 15) is 35.5 Å². The largest absolute Gasteiger partial charge is 0.462 e. The highest BCUT2D eigenvalue weighted by molar-refractivity contribution is 14.1. The van der Waals surface area contributed by atoms with E-state index in [0.717, 1.165) is 22.6 Å². The van der Waals surface area contributed by atoms with Gasteiger partial charge < -0.3 is 4.74 Å². The number of rotatable bonds is 5. The lowest BCUT2D eigenvalue weighted by atomic mass is 10.0. The molecule has 11 heteroatoms. The molecule has 2 nitrogen and oxygen atoms in total. The first-order valence-electron chi connectivity index (χ1n) is 6.40. The van der Waals surface area contributed by atoms with Gasteiger partial charge in [0, 0.05) is 10.9 Å². The topological polar surface area (TPSA) is 26.3 Å². The molecule has 0 aliphatic rings. The number of allylic oxidation sites excluding steroid dienone is 1. The van der Waals surface area contributed by atoms with Gasteiger partial charge in [0.15, 0.2) is 0 Å². The average molecular weight is 549 g/mol. The Morgan fingerprint density at radius 1 is 1.12 bits per heavy atom. The quantitative estimate of drug-likeness (QED) is 0.251. The highest BCUT2D eigenvalue weighted by atomic mass is 127. The zero-order valence-corrected chi connectivity index (χ0v) is 15.8. The van der Waals surface area contributed by atoms with E-state index in [0.29, 0.717) is 4.47 Å². The van der Waals surface area contributed by atoms with Gasteiger partial charge in [-0.1, -0.05) is 22.0 Å². The lowest BCUT2D eigenvalue weighted by molar-refractivity contribution is -0.322. The fraction of sp³-hybridized carbons (Fsp3) is 0.357. The van der Waals surface area contributed by atoms with Gasteiger partial charge >= 0.3 is 24.0 Å². The Morgan fingerprint density at radius 2 is 1.68 bits per heavy atom. The Morgan fingerprint density at radius 3 is 2.16 bits per heavy atom. The van der Waals surface area contributed by atoms with Crippen LogP contribution in [0.2, 0.25) is 0 Å². The molecule has 0 aliphatic heterocycles. The van der Waals surface area contributed by atoms with Crippen LogP contribution >= 0.6 is 38.5 Å². The van der Waals surface area contributed by atoms with Crippen LogP contribution in [-0.2, 0) is 4.74 Å². The van der Waals surface area contributed by atoms with E-state index in [2.05, 4.69) is 15.9 Å². The van der Waals surface area contributed by atoms with Gasteiger partial charge in [0.1, 0.15) is 0 Å². The van der Waals surface area contributed by atoms with Crippen molar-refractivity contribution in [3.8, 4) is 0 Å². The zero-order valence-electron chi connectivity index (χ0n) is 12.0. The van der Waals surface area contributed by atoms with Crippen molar-refractivity contribution in [2.45, 2.75) is 24.4 Å². The molecule has 0 aromatic heterocycles. The summed E-state index contributed by atoms with van der Waals surface area (Å²) in [6.45, 7) is -0.508. The highest BCUT2D eigenvalue weighted by Crippen LogP contribution is 2.48. The highest BCUT2D eigenvalue weighted by Gasteiger charge is 2.71. The van der Waals surface area contributed by atoms with Crippen molar-refractivity contribution < 1.29 is 40.3 Å². The normalized spacial score (nSPS) is 13.7. The summed E-state index contributed by atoms with van der Waals surface area (Å²) in [6, 6.07) is 6.00. The average Bonchev–Trinajstić information content (AvgIpc) is 2.44. The molecule has 0 radical (unpaired) electrons. The number of hydrogen-bond acceptors (Lipinski definition) is 2. The fourth-order valence-corrected chi connectivity index (χ4v) is 2.60. The molecule has 25 heavy (non-hydrogen) atoms. The minimum Gasteiger partial charge on any atom is -0.462 e. The molecule has 0 saturated heterocycles. The Balaban J connectivity index is 2.76. The molecule has 1 rings (SSSR count). The molecule has 0 bridgehead atoms. The Kier molecular flexibility index (Phi) is 7.31. The first-order valence-corrected chi connectivity index (χ1v) is 8.27. The monoisotopic (exact) mass is 548 g/mol. The Bertz CT molecular complexity index is 641. The lowest BCUT2D eigenvalue weighted by Gasteiger charge is -2.27. The minimum atomic E-state index is -6.16. The van der Waals surface area contributed by atoms with Gasteiger partial charge in [-0.25, -0.2) is 9.18 Å². The van der Waals surface area contributed by atoms with Crippen molar-refractivity contribution in [1.82, 2.24) is 0 Å². The zero-order chi connectivity index (χ0) is 19.5. The molecule has 0 amide bonds. The first kappa shape index (κ1) is 22.2. The lowest BCUT2D eigenvalue weighted by Crippen LogP contribution is -2.51. The van der Waals surface area contributed by atoms with Gasteiger partial charge in [0.05, 0.1) is 12.2 Å². The Labute approximate surface area is 159 Å². The van der Waals surface area contributed by atoms with Crippen molar-refractivity contribution in [2.24, 2.45) is 0 Å². The van der Waals surface area contributed by atoms with Crippen LogP contribution in [-0.4, -0.2) is 30.6 Å². The number of esters is 1. The molecular weight excluding hydrogens is 540 g/mol. The predicted molar refractivity (Wildman–Crippen MR) is 87.1 cm³/mol. The van der Waals surface area contributed by atoms with Crippen LogP contribution in [0.15, 0.2) is 38.4 Å². The van der Waals surface area contributed by atoms with Crippen molar-refractivity contribution in [3.63, 3.8) is 0 Å². The maximum atomic E-state index is 13.5. The van der Waals surface area contributed by atoms with Gasteiger partial charge in [-0.15, -0.1) is 0 Å². The van der Waals surface area contributed by atoms with Crippen LogP contribution in [0.25, 0.3) is 0 Å². The van der Waals surface area contributed by atoms with E-state index in [1.807, 2.05) is 0 Å². The second kappa shape index (κ2) is 8.23. The number of alkyl halides is 7. The van der Waals surface area contributed by atoms with Crippen LogP contribution < -0.4 is 0 Å². The maximum absolute atomic E-state index is 13.5. The summed E-state index contributed by atoms with van der Waals surface area (Å²) in [5.74, 6) is -0.816. The fourth-order valence-electron chi connectivity index (χ4n) is 1.55. The third-order valence-corrected chi connectivity index (χ3v) is 4.16. The first-order chi connectivity index (χ1) is 11.3. The van der Waals surface area contributed by atoms with Crippen LogP contribution in [0.1, 0.15) is 16.8 Å². The van der Waals surface area contributed by atoms with Gasteiger partial charge in [0.2, 0.25) is 0 Å². The number of halogens is 9. The molecule has 0 unspecified atom stereocenters. The van der Waals surface area contributed by atoms with Crippen LogP contribution in [0.3, 0.4) is 0 Å². The van der Waals surface area contributed by atoms with Crippen molar-refractivity contribution in [3.05, 3.63) is 44.0 Å². The van der Waals surface area contributed by atoms with Crippen molar-refractivity contribution in [2.75, 3.05) is 6.61 Å². The number of benzene rings is 1. The summed E-state index contributed by atoms with van der Waals surface area (Å²) in [5, 5.41) is 0. The molecule has 1 aromatic rings. The van der Waals surface area contributed by atoms with E-state index in [-0.39, 0.29) is 5.56 Å². The second-order valence-corrected chi connectivity index (χ2v) is 7.00. The summed E-state index contributed by atoms with van der Waals surface area (Å²) in [7, 11) is 0. The maximum Gasteiger partial charge on any atom is 0.435 e. The van der Waals surface area contributed by atoms with E-state index >= 15 is 0 Å². The third-order valence-electron chi connectivity index (χ3n) is 2.81. The smallest absolute Gasteiger partial charge is 0.435 e. The number of carbonyl (C=O) groups excluding carboxylic acids is 1. The van der Waals surface area contributed by atoms with Crippen LogP contribution in [0.5, 0.6) is 0 Å². The minimum absolute atomic E-state index is 0.138. The predicted octanol–water partition coefficient (Wildman–Crippen LogP) is 6.15. The molecule has 0 fully saturated rings. The standard InChI is InChI=1S/C14H9BrF7IO2/c15-9-3-1-2-8(6-9)11(24)25-5-4-10(23)7-12(16,13(17,18)19)14(20,21)22/h1-3,6-7H,4-5H2. The third kappa shape index (κ3) is 5.83. The van der Waals surface area contributed by atoms with E-state index in [1.165, 1.54) is 18.2 Å². The number of carbonyl (C=O) groups is 1. The Hall–Kier alpha value is -0.850. The van der Waals surface area contributed by atoms with Gasteiger partial charge in [-0.3, -0.25) is 0 Å². The number of hydrogen-bond donors (Lipinski definition) is 0. The van der Waals surface area contributed by atoms with Gasteiger partial charge in [-0.2, -0.15) is 26.3 Å². The van der Waals surface area contributed by atoms with Gasteiger partial charge in [-0.05, 0) is 50.4 Å². The summed E-state index contributed by atoms with van der Waals surface area (Å²) in [6.07, 6.45) is -13.4. The van der Waals surface area contributed by atoms with Crippen molar-refractivity contribution in [1.29, 1.82) is 0 Å². The van der Waals surface area contributed by atoms with Crippen LogP contribution in [0, 0.1) is 0 Å². The molecule has 0 aliphatic carbocycles. The molecule has 0 spiro atoms. The molecular formula is C14H9BrF7IO2. The molecule has 0 N–H and O–H groups in total. The molecule has 0 saturated carbocycles. The summed E-state index contributed by atoms with van der Waals surface area (Å²) in [4.78, 5) is 11.7. The van der Waals surface area contributed by atoms with E-state index in [4.69, 9.17) is 4.74 Å². The van der Waals surface area contributed by atoms with E-state index < -0.39 is 46.7 Å². The summed E-state index contributed by atoms with van der Waals surface area (Å²) in [5.41, 5.74) is -5.33. The van der Waals surface area contributed by atoms with Gasteiger partial charge in [0.25, 0.3) is 0 Å². The van der Waals surface area contributed by atoms with Crippen LogP contribution in [0.4, 0.5) is 30.7 Å². The number of ether oxygens (including phenoxy) is 1. The molecule has 0 atom stereocenters.